The summed E-state index contributed by atoms with van der Waals surface area (Å²) in [5.74, 6) is -0.155. The molecule has 0 bridgehead atoms. The summed E-state index contributed by atoms with van der Waals surface area (Å²) in [6.07, 6.45) is 0.457. The zero-order valence-electron chi connectivity index (χ0n) is 5.17. The molecule has 0 aliphatic heterocycles. The van der Waals surface area contributed by atoms with Gasteiger partial charge in [-0.05, 0) is 6.42 Å². The molecule has 0 aliphatic carbocycles. The molecule has 0 saturated carbocycles. The molecule has 0 aromatic heterocycles. The predicted molar refractivity (Wildman–Crippen MR) is 34.8 cm³/mol. The second-order valence-corrected chi connectivity index (χ2v) is 3.69. The fourth-order valence-electron chi connectivity index (χ4n) is 0.237. The third-order valence-electron chi connectivity index (χ3n) is 0.536. The number of alkyl halides is 1. The zero-order chi connectivity index (χ0) is 6.62. The summed E-state index contributed by atoms with van der Waals surface area (Å²) in [7, 11) is -3.72. The first-order chi connectivity index (χ1) is 3.56. The normalized spacial score (nSPS) is 10.4. The topological polar surface area (TPSA) is 54.4 Å². The van der Waals surface area contributed by atoms with Crippen molar-refractivity contribution in [3.8, 4) is 0 Å². The Morgan fingerprint density at radius 3 is 2.00 bits per heavy atom. The van der Waals surface area contributed by atoms with E-state index in [1.54, 1.807) is 0 Å². The minimum atomic E-state index is -3.72. The molecule has 0 aliphatic rings. The maximum absolute atomic E-state index is 9.92. The molecular weight excluding hydrogens is 219 g/mol. The molecule has 1 N–H and O–H groups in total. The molecular formula is C3H7BrNaO3S+. The van der Waals surface area contributed by atoms with E-state index in [1.165, 1.54) is 0 Å². The molecule has 6 heteroatoms. The Hall–Kier alpha value is 1.39. The van der Waals surface area contributed by atoms with Crippen LogP contribution in [0.25, 0.3) is 0 Å². The van der Waals surface area contributed by atoms with Crippen LogP contribution in [0.5, 0.6) is 0 Å². The number of rotatable bonds is 3. The van der Waals surface area contributed by atoms with E-state index in [0.29, 0.717) is 11.8 Å². The maximum atomic E-state index is 9.92. The van der Waals surface area contributed by atoms with Gasteiger partial charge in [0.15, 0.2) is 0 Å². The van der Waals surface area contributed by atoms with Gasteiger partial charge in [0.25, 0.3) is 10.1 Å². The van der Waals surface area contributed by atoms with Crippen molar-refractivity contribution < 1.29 is 42.5 Å². The van der Waals surface area contributed by atoms with Crippen molar-refractivity contribution in [2.45, 2.75) is 6.42 Å². The van der Waals surface area contributed by atoms with Crippen LogP contribution in [0.1, 0.15) is 6.42 Å². The van der Waals surface area contributed by atoms with Crippen LogP contribution in [-0.4, -0.2) is 24.1 Å². The Kier molecular flexibility index (Phi) is 8.85. The average Bonchev–Trinajstić information content (AvgIpc) is 1.59. The SMILES string of the molecule is O=S(=O)(O)CCCBr.[Na+]. The predicted octanol–water partition coefficient (Wildman–Crippen LogP) is -2.34. The second kappa shape index (κ2) is 6.12. The van der Waals surface area contributed by atoms with Crippen LogP contribution >= 0.6 is 15.9 Å². The first-order valence-corrected chi connectivity index (χ1v) is 4.80. The third kappa shape index (κ3) is 12.6. The smallest absolute Gasteiger partial charge is 0.286 e. The summed E-state index contributed by atoms with van der Waals surface area (Å²) in [6, 6.07) is 0. The van der Waals surface area contributed by atoms with E-state index in [1.807, 2.05) is 0 Å². The van der Waals surface area contributed by atoms with E-state index >= 15 is 0 Å². The number of hydrogen-bond donors (Lipinski definition) is 1. The van der Waals surface area contributed by atoms with E-state index in [4.69, 9.17) is 4.55 Å². The van der Waals surface area contributed by atoms with Crippen LogP contribution in [0.2, 0.25) is 0 Å². The summed E-state index contributed by atoms with van der Waals surface area (Å²) >= 11 is 3.03. The molecule has 0 saturated heterocycles. The standard InChI is InChI=1S/C3H7BrO3S.Na/c4-2-1-3-8(5,6)7;/h1-3H2,(H,5,6,7);/q;+1. The molecule has 0 aromatic rings. The Labute approximate surface area is 85.4 Å². The molecule has 9 heavy (non-hydrogen) atoms. The van der Waals surface area contributed by atoms with Crippen molar-refractivity contribution in [1.82, 2.24) is 0 Å². The van der Waals surface area contributed by atoms with E-state index in [-0.39, 0.29) is 35.3 Å². The molecule has 0 fully saturated rings. The van der Waals surface area contributed by atoms with E-state index in [2.05, 4.69) is 15.9 Å². The van der Waals surface area contributed by atoms with Gasteiger partial charge in [0.05, 0.1) is 5.75 Å². The average molecular weight is 226 g/mol. The van der Waals surface area contributed by atoms with Gasteiger partial charge in [0.1, 0.15) is 0 Å². The Morgan fingerprint density at radius 1 is 1.44 bits per heavy atom. The summed E-state index contributed by atoms with van der Waals surface area (Å²) in [4.78, 5) is 0. The number of hydrogen-bond acceptors (Lipinski definition) is 2. The van der Waals surface area contributed by atoms with Gasteiger partial charge in [-0.3, -0.25) is 4.55 Å². The largest absolute Gasteiger partial charge is 1.00 e. The molecule has 0 heterocycles. The fraction of sp³-hybridized carbons (Fsp3) is 1.00. The Bertz CT molecular complexity index is 143. The Balaban J connectivity index is 0. The maximum Gasteiger partial charge on any atom is 1.00 e. The molecule has 0 rings (SSSR count). The van der Waals surface area contributed by atoms with Crippen LogP contribution in [-0.2, 0) is 10.1 Å². The van der Waals surface area contributed by atoms with E-state index in [0.717, 1.165) is 0 Å². The van der Waals surface area contributed by atoms with Gasteiger partial charge in [-0.1, -0.05) is 15.9 Å². The summed E-state index contributed by atoms with van der Waals surface area (Å²) < 4.78 is 27.9. The minimum Gasteiger partial charge on any atom is -0.286 e. The zero-order valence-corrected chi connectivity index (χ0v) is 9.57. The second-order valence-electron chi connectivity index (χ2n) is 1.33. The third-order valence-corrected chi connectivity index (χ3v) is 1.90. The van der Waals surface area contributed by atoms with Crippen molar-refractivity contribution in [2.24, 2.45) is 0 Å². The van der Waals surface area contributed by atoms with Crippen molar-refractivity contribution >= 4 is 26.0 Å². The van der Waals surface area contributed by atoms with Crippen LogP contribution in [0, 0.1) is 0 Å². The van der Waals surface area contributed by atoms with Crippen molar-refractivity contribution in [3.63, 3.8) is 0 Å². The van der Waals surface area contributed by atoms with Crippen LogP contribution in [0.3, 0.4) is 0 Å². The van der Waals surface area contributed by atoms with Crippen LogP contribution in [0.4, 0.5) is 0 Å². The number of halogens is 1. The van der Waals surface area contributed by atoms with Gasteiger partial charge in [0, 0.05) is 5.33 Å². The quantitative estimate of drug-likeness (QED) is 0.333. The first-order valence-electron chi connectivity index (χ1n) is 2.07. The van der Waals surface area contributed by atoms with Crippen LogP contribution < -0.4 is 29.6 Å². The molecule has 50 valence electrons. The van der Waals surface area contributed by atoms with Gasteiger partial charge >= 0.3 is 29.6 Å². The summed E-state index contributed by atoms with van der Waals surface area (Å²) in [5.41, 5.74) is 0. The van der Waals surface area contributed by atoms with E-state index < -0.39 is 10.1 Å². The van der Waals surface area contributed by atoms with Crippen molar-refractivity contribution in [2.75, 3.05) is 11.1 Å². The summed E-state index contributed by atoms with van der Waals surface area (Å²) in [6.45, 7) is 0. The van der Waals surface area contributed by atoms with Gasteiger partial charge in [0.2, 0.25) is 0 Å². The Morgan fingerprint density at radius 2 is 1.89 bits per heavy atom. The molecule has 0 amide bonds. The van der Waals surface area contributed by atoms with Gasteiger partial charge in [-0.2, -0.15) is 8.42 Å². The fourth-order valence-corrected chi connectivity index (χ4v) is 1.40. The van der Waals surface area contributed by atoms with Gasteiger partial charge < -0.3 is 0 Å². The molecule has 0 atom stereocenters. The first kappa shape index (κ1) is 13.0. The van der Waals surface area contributed by atoms with Crippen molar-refractivity contribution in [1.29, 1.82) is 0 Å². The van der Waals surface area contributed by atoms with Gasteiger partial charge in [-0.15, -0.1) is 0 Å². The molecule has 0 aromatic carbocycles. The monoisotopic (exact) mass is 225 g/mol. The molecule has 0 unspecified atom stereocenters. The molecule has 0 spiro atoms. The van der Waals surface area contributed by atoms with Crippen molar-refractivity contribution in [3.05, 3.63) is 0 Å². The van der Waals surface area contributed by atoms with E-state index in [9.17, 15) is 8.42 Å². The minimum absolute atomic E-state index is 0. The summed E-state index contributed by atoms with van der Waals surface area (Å²) in [5, 5.41) is 0.604. The molecule has 0 radical (unpaired) electrons. The van der Waals surface area contributed by atoms with Crippen LogP contribution in [0.15, 0.2) is 0 Å². The van der Waals surface area contributed by atoms with Gasteiger partial charge in [-0.25, -0.2) is 0 Å². The molecule has 3 nitrogen and oxygen atoms in total.